The third-order valence-corrected chi connectivity index (χ3v) is 3.60. The number of methoxy groups -OCH3 is 1. The fourth-order valence-electron chi connectivity index (χ4n) is 2.25. The van der Waals surface area contributed by atoms with E-state index >= 15 is 0 Å². The largest absolute Gasteiger partial charge is 0.465 e. The number of piperidine rings is 1. The van der Waals surface area contributed by atoms with Gasteiger partial charge in [0.05, 0.1) is 19.3 Å². The molecule has 0 radical (unpaired) electrons. The third-order valence-electron chi connectivity index (χ3n) is 3.60. The van der Waals surface area contributed by atoms with Crippen LogP contribution in [0.1, 0.15) is 23.2 Å². The fraction of sp³-hybridized carbons (Fsp3) is 0.500. The van der Waals surface area contributed by atoms with Gasteiger partial charge in [-0.25, -0.2) is 9.18 Å². The molecule has 0 spiro atoms. The molecule has 0 atom stereocenters. The van der Waals surface area contributed by atoms with Crippen LogP contribution in [0.15, 0.2) is 24.3 Å². The number of hydrogen-bond acceptors (Lipinski definition) is 4. The first-order valence-corrected chi connectivity index (χ1v) is 6.31. The summed E-state index contributed by atoms with van der Waals surface area (Å²) in [5.41, 5.74) is 0.00808. The Hall–Kier alpha value is -1.62. The van der Waals surface area contributed by atoms with Crippen LogP contribution in [0.3, 0.4) is 0 Å². The summed E-state index contributed by atoms with van der Waals surface area (Å²) in [6.07, 6.45) is 0.643. The highest BCUT2D eigenvalue weighted by atomic mass is 19.1. The molecule has 104 valence electrons. The molecule has 0 aromatic heterocycles. The number of hydrogen-bond donors (Lipinski definition) is 1. The van der Waals surface area contributed by atoms with Gasteiger partial charge in [-0.2, -0.15) is 0 Å². The molecule has 0 aliphatic carbocycles. The first-order valence-electron chi connectivity index (χ1n) is 6.31. The summed E-state index contributed by atoms with van der Waals surface area (Å²) >= 11 is 0. The van der Waals surface area contributed by atoms with Crippen molar-refractivity contribution in [1.29, 1.82) is 0 Å². The maximum absolute atomic E-state index is 13.9. The lowest BCUT2D eigenvalue weighted by Gasteiger charge is -2.36. The fourth-order valence-corrected chi connectivity index (χ4v) is 2.25. The number of rotatable bonds is 3. The van der Waals surface area contributed by atoms with Gasteiger partial charge in [-0.15, -0.1) is 0 Å². The van der Waals surface area contributed by atoms with E-state index in [-0.39, 0.29) is 5.97 Å². The number of nitrogens with zero attached hydrogens (tertiary/aromatic N) is 1. The SMILES string of the molecule is COC(=O)c1ccc(N2CCC(F)(CO)CC2)cc1. The van der Waals surface area contributed by atoms with Crippen molar-refractivity contribution in [1.82, 2.24) is 0 Å². The van der Waals surface area contributed by atoms with E-state index in [2.05, 4.69) is 9.64 Å². The molecule has 0 amide bonds. The molecule has 2 rings (SSSR count). The second-order valence-electron chi connectivity index (χ2n) is 4.83. The molecule has 1 aliphatic rings. The van der Waals surface area contributed by atoms with Gasteiger partial charge >= 0.3 is 5.97 Å². The molecule has 1 fully saturated rings. The van der Waals surface area contributed by atoms with Crippen LogP contribution in [0.5, 0.6) is 0 Å². The number of benzene rings is 1. The summed E-state index contributed by atoms with van der Waals surface area (Å²) in [4.78, 5) is 13.4. The first kappa shape index (κ1) is 13.8. The minimum atomic E-state index is -1.44. The molecule has 1 aliphatic heterocycles. The van der Waals surface area contributed by atoms with Crippen molar-refractivity contribution < 1.29 is 19.0 Å². The summed E-state index contributed by atoms with van der Waals surface area (Å²) in [6, 6.07) is 7.06. The average molecular weight is 267 g/mol. The minimum Gasteiger partial charge on any atom is -0.465 e. The number of esters is 1. The lowest BCUT2D eigenvalue weighted by Crippen LogP contribution is -2.43. The van der Waals surface area contributed by atoms with E-state index in [4.69, 9.17) is 5.11 Å². The van der Waals surface area contributed by atoms with E-state index in [0.29, 0.717) is 31.5 Å². The Balaban J connectivity index is 2.02. The van der Waals surface area contributed by atoms with Gasteiger partial charge in [-0.05, 0) is 24.3 Å². The summed E-state index contributed by atoms with van der Waals surface area (Å²) < 4.78 is 18.5. The molecule has 0 unspecified atom stereocenters. The second kappa shape index (κ2) is 5.57. The highest BCUT2D eigenvalue weighted by Crippen LogP contribution is 2.29. The predicted octanol–water partition coefficient (Wildman–Crippen LogP) is 1.77. The number of aliphatic hydroxyl groups excluding tert-OH is 1. The first-order chi connectivity index (χ1) is 9.08. The summed E-state index contributed by atoms with van der Waals surface area (Å²) in [7, 11) is 1.34. The van der Waals surface area contributed by atoms with E-state index in [0.717, 1.165) is 5.69 Å². The van der Waals surface area contributed by atoms with Gasteiger partial charge < -0.3 is 14.7 Å². The molecule has 19 heavy (non-hydrogen) atoms. The number of carbonyl (C=O) groups is 1. The Bertz CT molecular complexity index is 439. The number of alkyl halides is 1. The number of carbonyl (C=O) groups excluding carboxylic acids is 1. The molecule has 0 saturated carbocycles. The molecule has 4 nitrogen and oxygen atoms in total. The number of aliphatic hydroxyl groups is 1. The van der Waals surface area contributed by atoms with E-state index in [1.54, 1.807) is 12.1 Å². The van der Waals surface area contributed by atoms with Crippen LogP contribution in [0.25, 0.3) is 0 Å². The van der Waals surface area contributed by atoms with E-state index in [1.165, 1.54) is 7.11 Å². The molecule has 1 N–H and O–H groups in total. The van der Waals surface area contributed by atoms with Crippen LogP contribution < -0.4 is 4.90 Å². The molecular formula is C14H18FNO3. The zero-order valence-corrected chi connectivity index (χ0v) is 10.9. The zero-order chi connectivity index (χ0) is 13.9. The van der Waals surface area contributed by atoms with Crippen molar-refractivity contribution in [2.75, 3.05) is 31.7 Å². The van der Waals surface area contributed by atoms with Crippen LogP contribution in [0.2, 0.25) is 0 Å². The van der Waals surface area contributed by atoms with Gasteiger partial charge in [0.25, 0.3) is 0 Å². The minimum absolute atomic E-state index is 0.322. The highest BCUT2D eigenvalue weighted by molar-refractivity contribution is 5.89. The lowest BCUT2D eigenvalue weighted by atomic mass is 9.94. The molecule has 1 aromatic rings. The normalized spacial score (nSPS) is 18.2. The Labute approximate surface area is 111 Å². The smallest absolute Gasteiger partial charge is 0.337 e. The van der Waals surface area contributed by atoms with Gasteiger partial charge in [0, 0.05) is 31.6 Å². The molecule has 1 heterocycles. The van der Waals surface area contributed by atoms with Crippen molar-refractivity contribution >= 4 is 11.7 Å². The maximum atomic E-state index is 13.9. The van der Waals surface area contributed by atoms with Crippen LogP contribution in [0, 0.1) is 0 Å². The Morgan fingerprint density at radius 2 is 1.95 bits per heavy atom. The quantitative estimate of drug-likeness (QED) is 0.848. The predicted molar refractivity (Wildman–Crippen MR) is 70.2 cm³/mol. The summed E-state index contributed by atoms with van der Waals surface area (Å²) in [6.45, 7) is 0.714. The van der Waals surface area contributed by atoms with Crippen molar-refractivity contribution in [3.63, 3.8) is 0 Å². The summed E-state index contributed by atoms with van der Waals surface area (Å²) in [5, 5.41) is 8.99. The van der Waals surface area contributed by atoms with E-state index in [1.807, 2.05) is 12.1 Å². The van der Waals surface area contributed by atoms with Crippen LogP contribution >= 0.6 is 0 Å². The molecular weight excluding hydrogens is 249 g/mol. The third kappa shape index (κ3) is 3.04. The molecule has 5 heteroatoms. The standard InChI is InChI=1S/C14H18FNO3/c1-19-13(18)11-2-4-12(5-3-11)16-8-6-14(15,10-17)7-9-16/h2-5,17H,6-10H2,1H3. The number of halogens is 1. The van der Waals surface area contributed by atoms with E-state index in [9.17, 15) is 9.18 Å². The van der Waals surface area contributed by atoms with Crippen LogP contribution in [-0.2, 0) is 4.74 Å². The van der Waals surface area contributed by atoms with Crippen molar-refractivity contribution in [2.24, 2.45) is 0 Å². The average Bonchev–Trinajstić information content (AvgIpc) is 2.47. The van der Waals surface area contributed by atoms with Gasteiger partial charge in [0.1, 0.15) is 5.67 Å². The number of ether oxygens (including phenoxy) is 1. The molecule has 1 aromatic carbocycles. The van der Waals surface area contributed by atoms with Crippen LogP contribution in [-0.4, -0.2) is 43.6 Å². The Morgan fingerprint density at radius 1 is 1.37 bits per heavy atom. The Morgan fingerprint density at radius 3 is 2.42 bits per heavy atom. The van der Waals surface area contributed by atoms with Crippen molar-refractivity contribution in [3.8, 4) is 0 Å². The van der Waals surface area contributed by atoms with Gasteiger partial charge in [0.2, 0.25) is 0 Å². The van der Waals surface area contributed by atoms with Gasteiger partial charge in [-0.3, -0.25) is 0 Å². The topological polar surface area (TPSA) is 49.8 Å². The van der Waals surface area contributed by atoms with Gasteiger partial charge in [-0.1, -0.05) is 0 Å². The van der Waals surface area contributed by atoms with Crippen LogP contribution in [0.4, 0.5) is 10.1 Å². The zero-order valence-electron chi connectivity index (χ0n) is 10.9. The van der Waals surface area contributed by atoms with E-state index < -0.39 is 12.3 Å². The van der Waals surface area contributed by atoms with Crippen molar-refractivity contribution in [2.45, 2.75) is 18.5 Å². The molecule has 1 saturated heterocycles. The Kier molecular flexibility index (Phi) is 4.04. The highest BCUT2D eigenvalue weighted by Gasteiger charge is 2.33. The van der Waals surface area contributed by atoms with Gasteiger partial charge in [0.15, 0.2) is 0 Å². The second-order valence-corrected chi connectivity index (χ2v) is 4.83. The number of anilines is 1. The lowest BCUT2D eigenvalue weighted by molar-refractivity contribution is 0.0481. The molecule has 0 bridgehead atoms. The van der Waals surface area contributed by atoms with Crippen molar-refractivity contribution in [3.05, 3.63) is 29.8 Å². The summed E-state index contributed by atoms with van der Waals surface area (Å²) in [5.74, 6) is -0.367. The monoisotopic (exact) mass is 267 g/mol. The maximum Gasteiger partial charge on any atom is 0.337 e.